The number of carboxylic acid groups (broad SMARTS) is 1. The fourth-order valence-electron chi connectivity index (χ4n) is 2.14. The normalized spacial score (nSPS) is 21.9. The fraction of sp³-hybridized carbons (Fsp3) is 0.538. The molecule has 1 N–H and O–H groups in total. The van der Waals surface area contributed by atoms with Crippen molar-refractivity contribution in [2.75, 3.05) is 6.61 Å². The summed E-state index contributed by atoms with van der Waals surface area (Å²) in [7, 11) is 0. The highest BCUT2D eigenvalue weighted by atomic mass is 32.2. The number of hydrogen-bond acceptors (Lipinski definition) is 6. The topological polar surface area (TPSA) is 89.4 Å². The molecule has 2 aliphatic rings. The Morgan fingerprint density at radius 3 is 2.65 bits per heavy atom. The molecule has 2 heterocycles. The number of rotatable bonds is 4. The first kappa shape index (κ1) is 13.4. The molecule has 2 fully saturated rings. The number of aryl methyl sites for hydroxylation is 1. The van der Waals surface area contributed by atoms with Crippen molar-refractivity contribution in [3.8, 4) is 0 Å². The van der Waals surface area contributed by atoms with Crippen LogP contribution < -0.4 is 0 Å². The predicted molar refractivity (Wildman–Crippen MR) is 70.9 cm³/mol. The van der Waals surface area contributed by atoms with E-state index in [1.807, 2.05) is 0 Å². The number of thioether (sulfide) groups is 1. The summed E-state index contributed by atoms with van der Waals surface area (Å²) in [6.45, 7) is 2.06. The van der Waals surface area contributed by atoms with Gasteiger partial charge < -0.3 is 9.84 Å². The van der Waals surface area contributed by atoms with Gasteiger partial charge in [-0.05, 0) is 19.8 Å². The first-order valence-corrected chi connectivity index (χ1v) is 7.39. The van der Waals surface area contributed by atoms with E-state index >= 15 is 0 Å². The molecule has 1 saturated heterocycles. The second-order valence-corrected chi connectivity index (χ2v) is 6.18. The number of carbonyl (C=O) groups excluding carboxylic acids is 1. The van der Waals surface area contributed by atoms with Crippen molar-refractivity contribution < 1.29 is 19.4 Å². The number of carbonyl (C=O) groups is 2. The molecule has 0 bridgehead atoms. The maximum atomic E-state index is 11.5. The maximum Gasteiger partial charge on any atom is 0.340 e. The van der Waals surface area contributed by atoms with E-state index < -0.39 is 5.97 Å². The van der Waals surface area contributed by atoms with Crippen LogP contribution in [0.15, 0.2) is 5.03 Å². The summed E-state index contributed by atoms with van der Waals surface area (Å²) in [5.74, 6) is -0.318. The number of esters is 1. The summed E-state index contributed by atoms with van der Waals surface area (Å²) in [5, 5.41) is 9.34. The van der Waals surface area contributed by atoms with Crippen LogP contribution in [0.2, 0.25) is 0 Å². The van der Waals surface area contributed by atoms with Gasteiger partial charge in [0.05, 0.1) is 12.3 Å². The van der Waals surface area contributed by atoms with Crippen LogP contribution in [0.3, 0.4) is 0 Å². The van der Waals surface area contributed by atoms with E-state index in [0.717, 1.165) is 12.8 Å². The molecular weight excluding hydrogens is 280 g/mol. The Balaban J connectivity index is 1.97. The minimum atomic E-state index is -1.06. The second-order valence-electron chi connectivity index (χ2n) is 4.99. The Hall–Kier alpha value is -1.63. The number of aromatic carboxylic acids is 1. The third-order valence-electron chi connectivity index (χ3n) is 3.37. The van der Waals surface area contributed by atoms with Gasteiger partial charge in [-0.1, -0.05) is 11.8 Å². The van der Waals surface area contributed by atoms with Gasteiger partial charge in [-0.15, -0.1) is 0 Å². The molecule has 20 heavy (non-hydrogen) atoms. The van der Waals surface area contributed by atoms with E-state index in [-0.39, 0.29) is 16.8 Å². The van der Waals surface area contributed by atoms with Crippen LogP contribution in [-0.4, -0.2) is 38.9 Å². The number of ether oxygens (including phenoxy) is 1. The van der Waals surface area contributed by atoms with Crippen LogP contribution in [0.4, 0.5) is 0 Å². The molecule has 6 nitrogen and oxygen atoms in total. The minimum Gasteiger partial charge on any atom is -0.478 e. The van der Waals surface area contributed by atoms with Gasteiger partial charge >= 0.3 is 11.9 Å². The van der Waals surface area contributed by atoms with Crippen molar-refractivity contribution >= 4 is 23.7 Å². The largest absolute Gasteiger partial charge is 0.478 e. The maximum absolute atomic E-state index is 11.5. The van der Waals surface area contributed by atoms with Gasteiger partial charge in [0.2, 0.25) is 0 Å². The third-order valence-corrected chi connectivity index (χ3v) is 4.60. The summed E-state index contributed by atoms with van der Waals surface area (Å²) < 4.78 is 4.91. The first-order chi connectivity index (χ1) is 9.56. The molecule has 0 aromatic carbocycles. The minimum absolute atomic E-state index is 0.0964. The lowest BCUT2D eigenvalue weighted by Gasteiger charge is -2.11. The van der Waals surface area contributed by atoms with Crippen LogP contribution in [0.5, 0.6) is 0 Å². The molecule has 106 valence electrons. The van der Waals surface area contributed by atoms with Crippen molar-refractivity contribution in [3.63, 3.8) is 0 Å². The third kappa shape index (κ3) is 2.49. The summed E-state index contributed by atoms with van der Waals surface area (Å²) in [6, 6.07) is 0. The van der Waals surface area contributed by atoms with Gasteiger partial charge in [0, 0.05) is 12.3 Å². The standard InChI is InChI=1S/C13H14N2O4S/c1-6-9(12(16)17)11(15-10(14-6)7-2-3-7)20-8-4-5-19-13(8)18/h7-8H,2-5H2,1H3,(H,16,17). The zero-order valence-electron chi connectivity index (χ0n) is 11.0. The summed E-state index contributed by atoms with van der Waals surface area (Å²) in [5.41, 5.74) is 0.558. The molecule has 1 aromatic rings. The van der Waals surface area contributed by atoms with E-state index in [1.165, 1.54) is 11.8 Å². The molecule has 0 radical (unpaired) electrons. The molecule has 1 aromatic heterocycles. The second kappa shape index (κ2) is 5.05. The van der Waals surface area contributed by atoms with Crippen molar-refractivity contribution in [3.05, 3.63) is 17.1 Å². The van der Waals surface area contributed by atoms with Crippen LogP contribution in [0.1, 0.15) is 47.1 Å². The monoisotopic (exact) mass is 294 g/mol. The zero-order valence-corrected chi connectivity index (χ0v) is 11.8. The molecule has 1 atom stereocenters. The lowest BCUT2D eigenvalue weighted by molar-refractivity contribution is -0.137. The Morgan fingerprint density at radius 1 is 1.35 bits per heavy atom. The van der Waals surface area contributed by atoms with E-state index in [0.29, 0.717) is 35.5 Å². The number of aromatic nitrogens is 2. The number of carboxylic acids is 1. The highest BCUT2D eigenvalue weighted by Gasteiger charge is 2.33. The molecule has 1 unspecified atom stereocenters. The molecule has 0 spiro atoms. The van der Waals surface area contributed by atoms with Crippen LogP contribution in [-0.2, 0) is 9.53 Å². The molecule has 1 saturated carbocycles. The Labute approximate surface area is 119 Å². The van der Waals surface area contributed by atoms with Crippen LogP contribution in [0.25, 0.3) is 0 Å². The highest BCUT2D eigenvalue weighted by molar-refractivity contribution is 8.00. The summed E-state index contributed by atoms with van der Waals surface area (Å²) in [4.78, 5) is 31.6. The smallest absolute Gasteiger partial charge is 0.340 e. The quantitative estimate of drug-likeness (QED) is 0.668. The lowest BCUT2D eigenvalue weighted by Crippen LogP contribution is -2.14. The molecular formula is C13H14N2O4S. The van der Waals surface area contributed by atoms with Gasteiger partial charge in [0.15, 0.2) is 0 Å². The molecule has 1 aliphatic heterocycles. The number of nitrogens with zero attached hydrogens (tertiary/aromatic N) is 2. The molecule has 1 aliphatic carbocycles. The first-order valence-electron chi connectivity index (χ1n) is 6.51. The number of cyclic esters (lactones) is 1. The Morgan fingerprint density at radius 2 is 2.10 bits per heavy atom. The summed E-state index contributed by atoms with van der Waals surface area (Å²) >= 11 is 1.18. The molecule has 0 amide bonds. The number of hydrogen-bond donors (Lipinski definition) is 1. The van der Waals surface area contributed by atoms with Crippen molar-refractivity contribution in [1.29, 1.82) is 0 Å². The highest BCUT2D eigenvalue weighted by Crippen LogP contribution is 2.40. The van der Waals surface area contributed by atoms with Gasteiger partial charge in [0.1, 0.15) is 21.7 Å². The van der Waals surface area contributed by atoms with Crippen molar-refractivity contribution in [2.45, 2.75) is 42.4 Å². The average Bonchev–Trinajstić information content (AvgIpc) is 3.14. The molecule has 7 heteroatoms. The van der Waals surface area contributed by atoms with E-state index in [2.05, 4.69) is 9.97 Å². The summed E-state index contributed by atoms with van der Waals surface area (Å²) in [6.07, 6.45) is 2.67. The van der Waals surface area contributed by atoms with Gasteiger partial charge in [0.25, 0.3) is 0 Å². The van der Waals surface area contributed by atoms with Crippen LogP contribution >= 0.6 is 11.8 Å². The van der Waals surface area contributed by atoms with Gasteiger partial charge in [-0.3, -0.25) is 4.79 Å². The van der Waals surface area contributed by atoms with Gasteiger partial charge in [-0.2, -0.15) is 0 Å². The van der Waals surface area contributed by atoms with Gasteiger partial charge in [-0.25, -0.2) is 14.8 Å². The molecule has 3 rings (SSSR count). The predicted octanol–water partition coefficient (Wildman–Crippen LogP) is 1.77. The zero-order chi connectivity index (χ0) is 14.3. The van der Waals surface area contributed by atoms with Crippen molar-refractivity contribution in [1.82, 2.24) is 9.97 Å². The van der Waals surface area contributed by atoms with Crippen LogP contribution in [0, 0.1) is 6.92 Å². The SMILES string of the molecule is Cc1nc(C2CC2)nc(SC2CCOC2=O)c1C(=O)O. The van der Waals surface area contributed by atoms with E-state index in [9.17, 15) is 14.7 Å². The van der Waals surface area contributed by atoms with E-state index in [1.54, 1.807) is 6.92 Å². The van der Waals surface area contributed by atoms with E-state index in [4.69, 9.17) is 4.74 Å². The Kier molecular flexibility index (Phi) is 3.37. The van der Waals surface area contributed by atoms with Crippen molar-refractivity contribution in [2.24, 2.45) is 0 Å². The average molecular weight is 294 g/mol. The Bertz CT molecular complexity index is 586. The lowest BCUT2D eigenvalue weighted by atomic mass is 10.2. The fourth-order valence-corrected chi connectivity index (χ4v) is 3.29.